The maximum absolute atomic E-state index is 5.91. The first-order valence-corrected chi connectivity index (χ1v) is 8.22. The van der Waals surface area contributed by atoms with Crippen molar-refractivity contribution in [1.82, 2.24) is 5.43 Å². The molecule has 0 radical (unpaired) electrons. The van der Waals surface area contributed by atoms with E-state index in [0.717, 1.165) is 11.7 Å². The average molecular weight is 290 g/mol. The molecule has 0 aliphatic heterocycles. The Kier molecular flexibility index (Phi) is 5.65. The molecule has 3 heteroatoms. The van der Waals surface area contributed by atoms with Crippen LogP contribution in [-0.2, 0) is 0 Å². The number of nitrogens with two attached hydrogens (primary N) is 1. The Hall–Kier alpha value is -1.06. The summed E-state index contributed by atoms with van der Waals surface area (Å²) in [5, 5.41) is 0. The fourth-order valence-corrected chi connectivity index (χ4v) is 3.74. The Bertz CT molecular complexity index is 465. The summed E-state index contributed by atoms with van der Waals surface area (Å²) in [5.74, 6) is 8.41. The fraction of sp³-hybridized carbons (Fsp3) is 0.667. The summed E-state index contributed by atoms with van der Waals surface area (Å²) >= 11 is 0. The maximum Gasteiger partial charge on any atom is 0.126 e. The number of methoxy groups -OCH3 is 1. The molecule has 0 amide bonds. The molecule has 3 nitrogen and oxygen atoms in total. The second-order valence-corrected chi connectivity index (χ2v) is 6.46. The average Bonchev–Trinajstić information content (AvgIpc) is 2.52. The van der Waals surface area contributed by atoms with Gasteiger partial charge >= 0.3 is 0 Å². The first kappa shape index (κ1) is 16.3. The highest BCUT2D eigenvalue weighted by molar-refractivity contribution is 5.47. The number of aryl methyl sites for hydroxylation is 1. The smallest absolute Gasteiger partial charge is 0.126 e. The largest absolute Gasteiger partial charge is 0.496 e. The predicted molar refractivity (Wildman–Crippen MR) is 88.3 cm³/mol. The van der Waals surface area contributed by atoms with Crippen molar-refractivity contribution in [3.8, 4) is 5.75 Å². The molecule has 3 N–H and O–H groups in total. The molecule has 118 valence electrons. The molecule has 0 aromatic heterocycles. The third-order valence-corrected chi connectivity index (χ3v) is 5.37. The Morgan fingerprint density at radius 3 is 2.43 bits per heavy atom. The third kappa shape index (κ3) is 3.41. The van der Waals surface area contributed by atoms with Crippen LogP contribution in [0.3, 0.4) is 0 Å². The van der Waals surface area contributed by atoms with Crippen molar-refractivity contribution in [2.24, 2.45) is 17.7 Å². The molecule has 1 unspecified atom stereocenters. The molecule has 0 heterocycles. The molecule has 0 saturated heterocycles. The quantitative estimate of drug-likeness (QED) is 0.635. The van der Waals surface area contributed by atoms with Gasteiger partial charge in [0.25, 0.3) is 0 Å². The van der Waals surface area contributed by atoms with Crippen LogP contribution in [0.4, 0.5) is 0 Å². The number of hydrogen-bond donors (Lipinski definition) is 2. The minimum atomic E-state index is 0.192. The number of hydrogen-bond acceptors (Lipinski definition) is 3. The first-order chi connectivity index (χ1) is 10.1. The molecule has 1 aliphatic rings. The van der Waals surface area contributed by atoms with Crippen LogP contribution in [0.1, 0.15) is 61.8 Å². The van der Waals surface area contributed by atoms with Crippen LogP contribution in [0.2, 0.25) is 0 Å². The maximum atomic E-state index is 5.91. The summed E-state index contributed by atoms with van der Waals surface area (Å²) in [4.78, 5) is 0. The highest BCUT2D eigenvalue weighted by Gasteiger charge is 2.29. The van der Waals surface area contributed by atoms with E-state index >= 15 is 0 Å². The van der Waals surface area contributed by atoms with Gasteiger partial charge in [-0.1, -0.05) is 38.3 Å². The van der Waals surface area contributed by atoms with Gasteiger partial charge in [0.2, 0.25) is 0 Å². The van der Waals surface area contributed by atoms with Crippen LogP contribution in [0.5, 0.6) is 5.75 Å². The van der Waals surface area contributed by atoms with Gasteiger partial charge in [-0.15, -0.1) is 0 Å². The standard InChI is InChI=1S/C18H30N2O/c1-5-14-7-9-15(10-8-14)17(20-19)16-11-6-12(2)13(3)18(16)21-4/h6,11,14-15,17,20H,5,7-10,19H2,1-4H3. The first-order valence-electron chi connectivity index (χ1n) is 8.22. The summed E-state index contributed by atoms with van der Waals surface area (Å²) in [6.45, 7) is 6.55. The van der Waals surface area contributed by atoms with Crippen molar-refractivity contribution in [3.05, 3.63) is 28.8 Å². The zero-order valence-electron chi connectivity index (χ0n) is 13.9. The Morgan fingerprint density at radius 1 is 1.24 bits per heavy atom. The molecule has 1 aliphatic carbocycles. The summed E-state index contributed by atoms with van der Waals surface area (Å²) in [6, 6.07) is 4.55. The summed E-state index contributed by atoms with van der Waals surface area (Å²) < 4.78 is 5.68. The van der Waals surface area contributed by atoms with Crippen LogP contribution in [0.25, 0.3) is 0 Å². The second-order valence-electron chi connectivity index (χ2n) is 6.46. The van der Waals surface area contributed by atoms with Gasteiger partial charge < -0.3 is 4.74 Å². The van der Waals surface area contributed by atoms with Crippen LogP contribution in [0, 0.1) is 25.7 Å². The second kappa shape index (κ2) is 7.28. The summed E-state index contributed by atoms with van der Waals surface area (Å²) in [6.07, 6.45) is 6.46. The van der Waals surface area contributed by atoms with Crippen LogP contribution >= 0.6 is 0 Å². The van der Waals surface area contributed by atoms with Crippen molar-refractivity contribution in [2.75, 3.05) is 7.11 Å². The van der Waals surface area contributed by atoms with E-state index in [2.05, 4.69) is 38.3 Å². The molecule has 2 rings (SSSR count). The minimum absolute atomic E-state index is 0.192. The SMILES string of the molecule is CCC1CCC(C(NN)c2ccc(C)c(C)c2OC)CC1. The Labute approximate surface area is 129 Å². The predicted octanol–water partition coefficient (Wildman–Crippen LogP) is 4.03. The van der Waals surface area contributed by atoms with Gasteiger partial charge in [-0.3, -0.25) is 11.3 Å². The summed E-state index contributed by atoms with van der Waals surface area (Å²) in [7, 11) is 1.76. The van der Waals surface area contributed by atoms with Crippen molar-refractivity contribution >= 4 is 0 Å². The van der Waals surface area contributed by atoms with Crippen LogP contribution < -0.4 is 16.0 Å². The highest BCUT2D eigenvalue weighted by Crippen LogP contribution is 2.41. The monoisotopic (exact) mass is 290 g/mol. The van der Waals surface area contributed by atoms with E-state index in [1.54, 1.807) is 7.11 Å². The van der Waals surface area contributed by atoms with Crippen molar-refractivity contribution in [1.29, 1.82) is 0 Å². The fourth-order valence-electron chi connectivity index (χ4n) is 3.74. The van der Waals surface area contributed by atoms with Crippen molar-refractivity contribution in [3.63, 3.8) is 0 Å². The number of ether oxygens (including phenoxy) is 1. The molecule has 1 saturated carbocycles. The lowest BCUT2D eigenvalue weighted by Crippen LogP contribution is -2.35. The zero-order valence-corrected chi connectivity index (χ0v) is 13.9. The van der Waals surface area contributed by atoms with Gasteiger partial charge in [0.1, 0.15) is 5.75 Å². The van der Waals surface area contributed by atoms with Gasteiger partial charge in [0, 0.05) is 5.56 Å². The van der Waals surface area contributed by atoms with E-state index in [1.165, 1.54) is 48.8 Å². The van der Waals surface area contributed by atoms with Crippen LogP contribution in [-0.4, -0.2) is 7.11 Å². The van der Waals surface area contributed by atoms with Gasteiger partial charge in [-0.2, -0.15) is 0 Å². The molecule has 0 bridgehead atoms. The van der Waals surface area contributed by atoms with E-state index in [-0.39, 0.29) is 6.04 Å². The van der Waals surface area contributed by atoms with Crippen molar-refractivity contribution < 1.29 is 4.74 Å². The number of nitrogens with one attached hydrogen (secondary N) is 1. The number of benzene rings is 1. The van der Waals surface area contributed by atoms with Gasteiger partial charge in [0.15, 0.2) is 0 Å². The topological polar surface area (TPSA) is 47.3 Å². The third-order valence-electron chi connectivity index (χ3n) is 5.37. The molecule has 21 heavy (non-hydrogen) atoms. The molecule has 1 aromatic rings. The summed E-state index contributed by atoms with van der Waals surface area (Å²) in [5.41, 5.74) is 6.76. The lowest BCUT2D eigenvalue weighted by molar-refractivity contribution is 0.216. The molecule has 1 atom stereocenters. The van der Waals surface area contributed by atoms with Gasteiger partial charge in [-0.25, -0.2) is 0 Å². The van der Waals surface area contributed by atoms with E-state index in [0.29, 0.717) is 5.92 Å². The lowest BCUT2D eigenvalue weighted by Gasteiger charge is -2.34. The van der Waals surface area contributed by atoms with Crippen LogP contribution in [0.15, 0.2) is 12.1 Å². The molecule has 1 aromatic carbocycles. The number of rotatable bonds is 5. The van der Waals surface area contributed by atoms with Crippen molar-refractivity contribution in [2.45, 2.75) is 58.9 Å². The molecular weight excluding hydrogens is 260 g/mol. The van der Waals surface area contributed by atoms with E-state index < -0.39 is 0 Å². The lowest BCUT2D eigenvalue weighted by atomic mass is 9.75. The molecular formula is C18H30N2O. The Balaban J connectivity index is 2.24. The molecule has 1 fully saturated rings. The minimum Gasteiger partial charge on any atom is -0.496 e. The Morgan fingerprint density at radius 2 is 1.90 bits per heavy atom. The zero-order chi connectivity index (χ0) is 15.4. The van der Waals surface area contributed by atoms with Gasteiger partial charge in [0.05, 0.1) is 13.2 Å². The normalized spacial score (nSPS) is 23.9. The highest BCUT2D eigenvalue weighted by atomic mass is 16.5. The molecule has 0 spiro atoms. The van der Waals surface area contributed by atoms with E-state index in [4.69, 9.17) is 10.6 Å². The number of hydrazine groups is 1. The van der Waals surface area contributed by atoms with Gasteiger partial charge in [-0.05, 0) is 49.7 Å². The van der Waals surface area contributed by atoms with E-state index in [1.807, 2.05) is 0 Å². The van der Waals surface area contributed by atoms with E-state index in [9.17, 15) is 0 Å².